The second-order valence-electron chi connectivity index (χ2n) is 18.8. The Hall–Kier alpha value is -5.09. The number of amides is 8. The van der Waals surface area contributed by atoms with E-state index in [9.17, 15) is 58.5 Å². The van der Waals surface area contributed by atoms with Crippen molar-refractivity contribution in [3.05, 3.63) is 0 Å². The third kappa shape index (κ3) is 27.0. The van der Waals surface area contributed by atoms with Gasteiger partial charge in [0.2, 0.25) is 47.3 Å². The fourth-order valence-electron chi connectivity index (χ4n) is 6.56. The molecule has 0 unspecified atom stereocenters. The predicted molar refractivity (Wildman–Crippen MR) is 255 cm³/mol. The zero-order valence-corrected chi connectivity index (χ0v) is 41.9. The second-order valence-corrected chi connectivity index (χ2v) is 18.8. The summed E-state index contributed by atoms with van der Waals surface area (Å²) in [5.41, 5.74) is 22.7. The van der Waals surface area contributed by atoms with E-state index in [1.54, 1.807) is 0 Å². The van der Waals surface area contributed by atoms with Crippen LogP contribution in [-0.4, -0.2) is 187 Å². The van der Waals surface area contributed by atoms with E-state index >= 15 is 0 Å². The van der Waals surface area contributed by atoms with Crippen LogP contribution in [0.15, 0.2) is 0 Å². The smallest absolute Gasteiger partial charge is 0.328 e. The van der Waals surface area contributed by atoms with Crippen LogP contribution in [0.25, 0.3) is 0 Å². The molecule has 0 spiro atoms. The molecule has 0 heterocycles. The van der Waals surface area contributed by atoms with Gasteiger partial charge in [0.1, 0.15) is 54.6 Å². The van der Waals surface area contributed by atoms with Crippen molar-refractivity contribution in [2.45, 2.75) is 166 Å². The molecule has 0 radical (unpaired) electrons. The highest BCUT2D eigenvalue weighted by atomic mass is 16.4. The first-order chi connectivity index (χ1) is 32.0. The van der Waals surface area contributed by atoms with Crippen LogP contribution in [0.2, 0.25) is 0 Å². The summed E-state index contributed by atoms with van der Waals surface area (Å²) in [6, 6.07) is -11.6. The average Bonchev–Trinajstić information content (AvgIpc) is 3.24. The maximum atomic E-state index is 13.8. The van der Waals surface area contributed by atoms with E-state index in [0.29, 0.717) is 36.6 Å². The molecule has 20 N–H and O–H groups in total. The molecule has 26 heteroatoms. The Bertz CT molecular complexity index is 1660. The number of rotatable bonds is 35. The predicted octanol–water partition coefficient (Wildman–Crippen LogP) is -5.67. The SMILES string of the molecule is CC(C)C[C@H](N)C(=O)N[C@@H](C)C(=O)N[C@H](C(=O)N[C@@H](CCCCN)C(=O)N[C@@H](C)C(=O)N[C@@H](C)C(=O)N[C@@H](CCCNC(N)N)C(=O)N[C@@H](CCCC[N+](C)(C)C)C(=O)N[C@@H](CO)C(=O)O)[C@@H](C)O. The van der Waals surface area contributed by atoms with Gasteiger partial charge in [-0.25, -0.2) is 4.79 Å². The zero-order valence-electron chi connectivity index (χ0n) is 41.9. The largest absolute Gasteiger partial charge is 0.480 e. The molecule has 0 aromatic heterocycles. The molecule has 0 aromatic rings. The number of nitrogens with one attached hydrogen (secondary N) is 9. The molecule has 0 rings (SSSR count). The molecule has 10 atom stereocenters. The van der Waals surface area contributed by atoms with Gasteiger partial charge in [-0.2, -0.15) is 0 Å². The fourth-order valence-corrected chi connectivity index (χ4v) is 6.56. The molecule has 0 saturated heterocycles. The Labute approximate surface area is 405 Å². The van der Waals surface area contributed by atoms with E-state index in [1.165, 1.54) is 27.7 Å². The first kappa shape index (κ1) is 63.9. The van der Waals surface area contributed by atoms with Crippen LogP contribution in [-0.2, 0) is 43.2 Å². The van der Waals surface area contributed by atoms with Crippen molar-refractivity contribution in [2.75, 3.05) is 47.4 Å². The molecule has 0 aliphatic rings. The molecule has 0 saturated carbocycles. The topological polar surface area (TPSA) is 427 Å². The number of unbranched alkanes of at least 4 members (excludes halogenated alkanes) is 2. The summed E-state index contributed by atoms with van der Waals surface area (Å²) >= 11 is 0. The lowest BCUT2D eigenvalue weighted by atomic mass is 10.0. The number of hydrogen-bond donors (Lipinski definition) is 16. The van der Waals surface area contributed by atoms with Crippen molar-refractivity contribution in [3.8, 4) is 0 Å². The lowest BCUT2D eigenvalue weighted by Crippen LogP contribution is -2.61. The van der Waals surface area contributed by atoms with Gasteiger partial charge >= 0.3 is 5.97 Å². The van der Waals surface area contributed by atoms with Gasteiger partial charge in [0.25, 0.3) is 0 Å². The van der Waals surface area contributed by atoms with Gasteiger partial charge < -0.3 is 85.3 Å². The van der Waals surface area contributed by atoms with E-state index in [4.69, 9.17) is 22.9 Å². The van der Waals surface area contributed by atoms with Crippen LogP contribution in [0.3, 0.4) is 0 Å². The summed E-state index contributed by atoms with van der Waals surface area (Å²) in [6.45, 7) is 9.34. The summed E-state index contributed by atoms with van der Waals surface area (Å²) in [4.78, 5) is 118. The fraction of sp³-hybridized carbons (Fsp3) is 0.791. The van der Waals surface area contributed by atoms with Crippen LogP contribution >= 0.6 is 0 Å². The summed E-state index contributed by atoms with van der Waals surface area (Å²) in [5, 5.41) is 51.9. The van der Waals surface area contributed by atoms with Crippen molar-refractivity contribution in [1.29, 1.82) is 0 Å². The van der Waals surface area contributed by atoms with Crippen LogP contribution in [0, 0.1) is 5.92 Å². The van der Waals surface area contributed by atoms with E-state index in [0.717, 1.165) is 6.54 Å². The van der Waals surface area contributed by atoms with Gasteiger partial charge in [0, 0.05) is 0 Å². The Morgan fingerprint density at radius 3 is 1.38 bits per heavy atom. The lowest BCUT2D eigenvalue weighted by Gasteiger charge is -2.27. The normalized spacial score (nSPS) is 16.0. The number of aliphatic hydroxyl groups excluding tert-OH is 2. The third-order valence-corrected chi connectivity index (χ3v) is 10.6. The molecule has 0 bridgehead atoms. The summed E-state index contributed by atoms with van der Waals surface area (Å²) < 4.78 is 0.630. The highest BCUT2D eigenvalue weighted by Gasteiger charge is 2.34. The van der Waals surface area contributed by atoms with Crippen LogP contribution < -0.4 is 70.8 Å². The van der Waals surface area contributed by atoms with Gasteiger partial charge in [-0.15, -0.1) is 0 Å². The van der Waals surface area contributed by atoms with Gasteiger partial charge in [-0.05, 0) is 104 Å². The standard InChI is InChI=1S/C43H84N14O12/c1-23(2)21-28(45)37(63)50-26(5)36(62)56-33(27(6)59)41(67)54-29(15-10-12-18-44)38(64)51-24(3)34(60)49-25(4)35(61)52-31(17-14-19-48-43(46)47)39(65)53-30(16-11-13-20-57(7,8)9)40(66)55-32(22-58)42(68)69/h23-33,43,48,58-59H,10-22,44-47H2,1-9H3,(H8-,49,50,51,52,53,54,55,56,60,61,62,63,64,65,66,67,68,69)/p+1/t24-,25-,26-,27+,28-,29-,30-,31-,32-,33-/m0/s1. The third-order valence-electron chi connectivity index (χ3n) is 10.6. The molecular weight excluding hydrogens is 905 g/mol. The lowest BCUT2D eigenvalue weighted by molar-refractivity contribution is -0.870. The van der Waals surface area contributed by atoms with Crippen LogP contribution in [0.1, 0.15) is 99.3 Å². The maximum absolute atomic E-state index is 13.8. The number of quaternary nitrogens is 1. The van der Waals surface area contributed by atoms with Gasteiger partial charge in [-0.1, -0.05) is 13.8 Å². The molecule has 8 amide bonds. The number of nitrogens with zero attached hydrogens (tertiary/aromatic N) is 1. The number of carbonyl (C=O) groups is 9. The average molecular weight is 990 g/mol. The highest BCUT2D eigenvalue weighted by Crippen LogP contribution is 2.09. The zero-order chi connectivity index (χ0) is 53.2. The minimum Gasteiger partial charge on any atom is -0.480 e. The minimum absolute atomic E-state index is 0.00570. The number of aliphatic hydroxyl groups is 2. The molecule has 26 nitrogen and oxygen atoms in total. The summed E-state index contributed by atoms with van der Waals surface area (Å²) in [5.74, 6) is -7.84. The van der Waals surface area contributed by atoms with Crippen molar-refractivity contribution >= 4 is 53.2 Å². The molecule has 0 aromatic carbocycles. The van der Waals surface area contributed by atoms with Gasteiger partial charge in [0.05, 0.1) is 46.4 Å². The quantitative estimate of drug-likeness (QED) is 0.0160. The van der Waals surface area contributed by atoms with E-state index in [2.05, 4.69) is 47.9 Å². The van der Waals surface area contributed by atoms with E-state index in [1.807, 2.05) is 35.0 Å². The maximum Gasteiger partial charge on any atom is 0.328 e. The minimum atomic E-state index is -1.64. The number of carboxylic acids is 1. The number of carbonyl (C=O) groups excluding carboxylic acids is 8. The van der Waals surface area contributed by atoms with Gasteiger partial charge in [0.15, 0.2) is 0 Å². The van der Waals surface area contributed by atoms with Crippen LogP contribution in [0.5, 0.6) is 0 Å². The molecule has 0 aliphatic carbocycles. The number of carboxylic acid groups (broad SMARTS) is 1. The van der Waals surface area contributed by atoms with E-state index in [-0.39, 0.29) is 44.7 Å². The van der Waals surface area contributed by atoms with Crippen molar-refractivity contribution in [2.24, 2.45) is 28.9 Å². The second kappa shape index (κ2) is 32.7. The Morgan fingerprint density at radius 1 is 0.522 bits per heavy atom. The first-order valence-electron chi connectivity index (χ1n) is 23.5. The van der Waals surface area contributed by atoms with Crippen molar-refractivity contribution in [3.63, 3.8) is 0 Å². The Morgan fingerprint density at radius 2 is 0.928 bits per heavy atom. The summed E-state index contributed by atoms with van der Waals surface area (Å²) in [6.07, 6.45) is 0.338. The molecule has 0 aliphatic heterocycles. The number of aliphatic carboxylic acids is 1. The Balaban J connectivity index is 6.08. The molecule has 398 valence electrons. The Kier molecular flexibility index (Phi) is 30.3. The van der Waals surface area contributed by atoms with E-state index < -0.39 is 127 Å². The summed E-state index contributed by atoms with van der Waals surface area (Å²) in [7, 11) is 5.94. The molecular formula is C43H85N14O12+. The monoisotopic (exact) mass is 990 g/mol. The highest BCUT2D eigenvalue weighted by molar-refractivity contribution is 5.98. The van der Waals surface area contributed by atoms with Gasteiger partial charge in [-0.3, -0.25) is 43.7 Å². The van der Waals surface area contributed by atoms with Crippen molar-refractivity contribution in [1.82, 2.24) is 47.9 Å². The molecule has 0 fully saturated rings. The molecule has 69 heavy (non-hydrogen) atoms. The first-order valence-corrected chi connectivity index (χ1v) is 23.5. The number of hydrogen-bond acceptors (Lipinski definition) is 16. The van der Waals surface area contributed by atoms with Crippen LogP contribution in [0.4, 0.5) is 0 Å². The number of nitrogens with two attached hydrogens (primary N) is 4. The van der Waals surface area contributed by atoms with Crippen molar-refractivity contribution < 1.29 is 63.0 Å².